The average Bonchev–Trinajstić information content (AvgIpc) is 3.01. The number of nitrogens with zero attached hydrogens (tertiary/aromatic N) is 4. The maximum absolute atomic E-state index is 12.6. The lowest BCUT2D eigenvalue weighted by atomic mass is 10.1. The Morgan fingerprint density at radius 3 is 2.46 bits per heavy atom. The zero-order valence-corrected chi connectivity index (χ0v) is 14.7. The SMILES string of the molecule is CCCN1CCN(C(=O)c2ccc(Cn3cc(Cl)cn3)cc2)CC1. The van der Waals surface area contributed by atoms with Gasteiger partial charge in [-0.1, -0.05) is 30.7 Å². The number of benzene rings is 1. The Hall–Kier alpha value is -1.85. The van der Waals surface area contributed by atoms with Gasteiger partial charge >= 0.3 is 0 Å². The van der Waals surface area contributed by atoms with Gasteiger partial charge < -0.3 is 4.90 Å². The largest absolute Gasteiger partial charge is 0.336 e. The van der Waals surface area contributed by atoms with Crippen molar-refractivity contribution in [1.82, 2.24) is 19.6 Å². The molecule has 0 radical (unpaired) electrons. The second kappa shape index (κ2) is 7.81. The summed E-state index contributed by atoms with van der Waals surface area (Å²) in [7, 11) is 0. The highest BCUT2D eigenvalue weighted by atomic mass is 35.5. The van der Waals surface area contributed by atoms with Gasteiger partial charge in [-0.25, -0.2) is 0 Å². The summed E-state index contributed by atoms with van der Waals surface area (Å²) >= 11 is 5.87. The lowest BCUT2D eigenvalue weighted by Gasteiger charge is -2.34. The number of hydrogen-bond donors (Lipinski definition) is 0. The van der Waals surface area contributed by atoms with Crippen LogP contribution in [0.25, 0.3) is 0 Å². The van der Waals surface area contributed by atoms with E-state index in [0.29, 0.717) is 11.6 Å². The Balaban J connectivity index is 1.58. The van der Waals surface area contributed by atoms with Crippen LogP contribution in [0.2, 0.25) is 5.02 Å². The van der Waals surface area contributed by atoms with E-state index < -0.39 is 0 Å². The first kappa shape index (κ1) is 17.0. The highest BCUT2D eigenvalue weighted by molar-refractivity contribution is 6.30. The predicted molar refractivity (Wildman–Crippen MR) is 95.4 cm³/mol. The minimum atomic E-state index is 0.125. The lowest BCUT2D eigenvalue weighted by Crippen LogP contribution is -2.48. The summed E-state index contributed by atoms with van der Waals surface area (Å²) in [5.74, 6) is 0.125. The minimum absolute atomic E-state index is 0.125. The summed E-state index contributed by atoms with van der Waals surface area (Å²) in [4.78, 5) is 17.0. The third-order valence-electron chi connectivity index (χ3n) is 4.35. The van der Waals surface area contributed by atoms with Gasteiger partial charge in [0.1, 0.15) is 0 Å². The molecule has 0 saturated carbocycles. The average molecular weight is 347 g/mol. The lowest BCUT2D eigenvalue weighted by molar-refractivity contribution is 0.0637. The van der Waals surface area contributed by atoms with Crippen LogP contribution in [-0.2, 0) is 6.54 Å². The number of piperazine rings is 1. The van der Waals surface area contributed by atoms with Crippen LogP contribution in [0.4, 0.5) is 0 Å². The number of aromatic nitrogens is 2. The van der Waals surface area contributed by atoms with Gasteiger partial charge in [0.2, 0.25) is 0 Å². The highest BCUT2D eigenvalue weighted by Gasteiger charge is 2.21. The van der Waals surface area contributed by atoms with Crippen LogP contribution in [-0.4, -0.2) is 58.2 Å². The van der Waals surface area contributed by atoms with Gasteiger partial charge in [-0.2, -0.15) is 5.10 Å². The van der Waals surface area contributed by atoms with E-state index in [1.807, 2.05) is 29.2 Å². The summed E-state index contributed by atoms with van der Waals surface area (Å²) in [5, 5.41) is 4.80. The number of carbonyl (C=O) groups is 1. The molecule has 0 bridgehead atoms. The van der Waals surface area contributed by atoms with Crippen LogP contribution in [0, 0.1) is 0 Å². The van der Waals surface area contributed by atoms with Crippen molar-refractivity contribution in [3.8, 4) is 0 Å². The number of amides is 1. The van der Waals surface area contributed by atoms with Gasteiger partial charge in [-0.05, 0) is 30.7 Å². The molecule has 2 heterocycles. The smallest absolute Gasteiger partial charge is 0.253 e. The van der Waals surface area contributed by atoms with Crippen LogP contribution < -0.4 is 0 Å². The molecule has 1 aromatic heterocycles. The van der Waals surface area contributed by atoms with E-state index in [1.54, 1.807) is 17.1 Å². The van der Waals surface area contributed by atoms with Crippen molar-refractivity contribution in [3.05, 3.63) is 52.8 Å². The fraction of sp³-hybridized carbons (Fsp3) is 0.444. The minimum Gasteiger partial charge on any atom is -0.336 e. The molecule has 24 heavy (non-hydrogen) atoms. The predicted octanol–water partition coefficient (Wildman–Crippen LogP) is 2.75. The summed E-state index contributed by atoms with van der Waals surface area (Å²) < 4.78 is 1.78. The van der Waals surface area contributed by atoms with Crippen LogP contribution >= 0.6 is 11.6 Å². The van der Waals surface area contributed by atoms with Gasteiger partial charge in [-0.3, -0.25) is 14.4 Å². The standard InChI is InChI=1S/C18H23ClN4O/c1-2-7-21-8-10-22(11-9-21)18(24)16-5-3-15(4-6-16)13-23-14-17(19)12-20-23/h3-6,12,14H,2,7-11,13H2,1H3. The van der Waals surface area contributed by atoms with E-state index in [9.17, 15) is 4.79 Å². The first-order valence-electron chi connectivity index (χ1n) is 8.44. The maximum atomic E-state index is 12.6. The normalized spacial score (nSPS) is 15.7. The molecule has 1 aliphatic rings. The highest BCUT2D eigenvalue weighted by Crippen LogP contribution is 2.12. The summed E-state index contributed by atoms with van der Waals surface area (Å²) in [5.41, 5.74) is 1.85. The zero-order chi connectivity index (χ0) is 16.9. The first-order chi connectivity index (χ1) is 11.7. The molecular formula is C18H23ClN4O. The van der Waals surface area contributed by atoms with E-state index in [-0.39, 0.29) is 5.91 Å². The molecule has 1 aliphatic heterocycles. The van der Waals surface area contributed by atoms with Crippen LogP contribution in [0.15, 0.2) is 36.7 Å². The second-order valence-electron chi connectivity index (χ2n) is 6.19. The molecule has 1 fully saturated rings. The number of rotatable bonds is 5. The summed E-state index contributed by atoms with van der Waals surface area (Å²) in [6.45, 7) is 7.52. The van der Waals surface area contributed by atoms with E-state index in [4.69, 9.17) is 11.6 Å². The van der Waals surface area contributed by atoms with Gasteiger partial charge in [0, 0.05) is 37.9 Å². The van der Waals surface area contributed by atoms with Crippen molar-refractivity contribution >= 4 is 17.5 Å². The molecule has 1 amide bonds. The summed E-state index contributed by atoms with van der Waals surface area (Å²) in [6, 6.07) is 7.77. The first-order valence-corrected chi connectivity index (χ1v) is 8.82. The van der Waals surface area contributed by atoms with Crippen LogP contribution in [0.3, 0.4) is 0 Å². The van der Waals surface area contributed by atoms with E-state index in [0.717, 1.165) is 50.3 Å². The molecular weight excluding hydrogens is 324 g/mol. The van der Waals surface area contributed by atoms with Crippen molar-refractivity contribution in [2.45, 2.75) is 19.9 Å². The fourth-order valence-electron chi connectivity index (χ4n) is 3.04. The Labute approximate surface area is 147 Å². The Bertz CT molecular complexity index is 675. The number of hydrogen-bond acceptors (Lipinski definition) is 3. The fourth-order valence-corrected chi connectivity index (χ4v) is 3.19. The van der Waals surface area contributed by atoms with Crippen molar-refractivity contribution in [2.75, 3.05) is 32.7 Å². The molecule has 0 unspecified atom stereocenters. The summed E-state index contributed by atoms with van der Waals surface area (Å²) in [6.07, 6.45) is 4.57. The zero-order valence-electron chi connectivity index (χ0n) is 14.0. The van der Waals surface area contributed by atoms with Gasteiger partial charge in [-0.15, -0.1) is 0 Å². The van der Waals surface area contributed by atoms with Crippen molar-refractivity contribution in [3.63, 3.8) is 0 Å². The molecule has 2 aromatic rings. The molecule has 1 aromatic carbocycles. The topological polar surface area (TPSA) is 41.4 Å². The van der Waals surface area contributed by atoms with Crippen molar-refractivity contribution in [1.29, 1.82) is 0 Å². The van der Waals surface area contributed by atoms with Crippen molar-refractivity contribution < 1.29 is 4.79 Å². The molecule has 1 saturated heterocycles. The Kier molecular flexibility index (Phi) is 5.53. The maximum Gasteiger partial charge on any atom is 0.253 e. The van der Waals surface area contributed by atoms with E-state index in [2.05, 4.69) is 16.9 Å². The molecule has 0 N–H and O–H groups in total. The monoisotopic (exact) mass is 346 g/mol. The Morgan fingerprint density at radius 1 is 1.17 bits per heavy atom. The van der Waals surface area contributed by atoms with Gasteiger partial charge in [0.05, 0.1) is 17.8 Å². The third kappa shape index (κ3) is 4.16. The molecule has 0 spiro atoms. The molecule has 6 heteroatoms. The van der Waals surface area contributed by atoms with Crippen molar-refractivity contribution in [2.24, 2.45) is 0 Å². The molecule has 128 valence electrons. The third-order valence-corrected chi connectivity index (χ3v) is 4.54. The molecule has 0 atom stereocenters. The second-order valence-corrected chi connectivity index (χ2v) is 6.62. The van der Waals surface area contributed by atoms with Gasteiger partial charge in [0.15, 0.2) is 0 Å². The molecule has 3 rings (SSSR count). The number of carbonyl (C=O) groups excluding carboxylic acids is 1. The Morgan fingerprint density at radius 2 is 1.88 bits per heavy atom. The van der Waals surface area contributed by atoms with E-state index in [1.165, 1.54) is 0 Å². The molecule has 5 nitrogen and oxygen atoms in total. The van der Waals surface area contributed by atoms with Crippen LogP contribution in [0.5, 0.6) is 0 Å². The molecule has 0 aliphatic carbocycles. The van der Waals surface area contributed by atoms with E-state index >= 15 is 0 Å². The number of halogens is 1. The van der Waals surface area contributed by atoms with Crippen LogP contribution in [0.1, 0.15) is 29.3 Å². The quantitative estimate of drug-likeness (QED) is 0.836. The van der Waals surface area contributed by atoms with Gasteiger partial charge in [0.25, 0.3) is 5.91 Å².